The average molecular weight is 458 g/mol. The number of amides is 1. The van der Waals surface area contributed by atoms with E-state index >= 15 is 0 Å². The van der Waals surface area contributed by atoms with Gasteiger partial charge in [0, 0.05) is 68.0 Å². The van der Waals surface area contributed by atoms with Crippen molar-refractivity contribution in [3.63, 3.8) is 0 Å². The van der Waals surface area contributed by atoms with Crippen molar-refractivity contribution in [2.45, 2.75) is 33.6 Å². The van der Waals surface area contributed by atoms with Crippen molar-refractivity contribution in [3.05, 3.63) is 70.9 Å². The van der Waals surface area contributed by atoms with Gasteiger partial charge in [-0.05, 0) is 69.0 Å². The van der Waals surface area contributed by atoms with Crippen LogP contribution in [0.15, 0.2) is 80.9 Å². The fraction of sp³-hybridized carbons (Fsp3) is 0.464. The second-order valence-corrected chi connectivity index (χ2v) is 10.0. The third-order valence-electron chi connectivity index (χ3n) is 7.47. The van der Waals surface area contributed by atoms with Crippen molar-refractivity contribution < 1.29 is 4.79 Å². The van der Waals surface area contributed by atoms with Crippen molar-refractivity contribution in [1.29, 1.82) is 0 Å². The van der Waals surface area contributed by atoms with Crippen LogP contribution in [0, 0.1) is 11.8 Å². The van der Waals surface area contributed by atoms with Crippen molar-refractivity contribution >= 4 is 17.3 Å². The van der Waals surface area contributed by atoms with Gasteiger partial charge in [0.15, 0.2) is 0 Å². The number of aliphatic imine (C=N–C) groups is 2. The molecule has 5 rings (SSSR count). The Morgan fingerprint density at radius 1 is 1.00 bits per heavy atom. The molecule has 0 aromatic rings. The Morgan fingerprint density at radius 3 is 2.56 bits per heavy atom. The summed E-state index contributed by atoms with van der Waals surface area (Å²) in [7, 11) is 2.16. The largest absolute Gasteiger partial charge is 0.368 e. The molecule has 1 fully saturated rings. The summed E-state index contributed by atoms with van der Waals surface area (Å²) in [5, 5.41) is 0. The number of allylic oxidation sites excluding steroid dienone is 8. The van der Waals surface area contributed by atoms with Crippen LogP contribution in [0.25, 0.3) is 0 Å². The molecule has 2 atom stereocenters. The van der Waals surface area contributed by atoms with Crippen LogP contribution in [-0.2, 0) is 4.79 Å². The van der Waals surface area contributed by atoms with Crippen LogP contribution in [0.2, 0.25) is 0 Å². The van der Waals surface area contributed by atoms with E-state index in [1.807, 2.05) is 17.2 Å². The molecule has 1 amide bonds. The summed E-state index contributed by atoms with van der Waals surface area (Å²) >= 11 is 0. The average Bonchev–Trinajstić information content (AvgIpc) is 3.03. The van der Waals surface area contributed by atoms with Gasteiger partial charge in [0.2, 0.25) is 0 Å². The van der Waals surface area contributed by atoms with E-state index in [0.29, 0.717) is 5.92 Å². The van der Waals surface area contributed by atoms with Gasteiger partial charge in [-0.25, -0.2) is 0 Å². The van der Waals surface area contributed by atoms with Gasteiger partial charge in [0.25, 0.3) is 5.91 Å². The number of carbonyl (C=O) groups excluding carboxylic acids is 1. The maximum absolute atomic E-state index is 13.6. The van der Waals surface area contributed by atoms with E-state index in [0.717, 1.165) is 79.7 Å². The summed E-state index contributed by atoms with van der Waals surface area (Å²) in [6.45, 7) is 11.1. The zero-order valence-electron chi connectivity index (χ0n) is 20.8. The standard InChI is InChI=1S/C28H35N5O/c1-19-5-6-23-7-8-24(32-13-11-31(4)12-14-32)18-33(23)28(34)17-25(19)27-16-26-21(3)30-20(2)15-22(26)9-10-29-27/h6-8,15-19,22H,5,9-14H2,1-4H3. The van der Waals surface area contributed by atoms with E-state index in [9.17, 15) is 4.79 Å². The quantitative estimate of drug-likeness (QED) is 0.628. The van der Waals surface area contributed by atoms with Crippen LogP contribution in [0.3, 0.4) is 0 Å². The minimum atomic E-state index is -0.00421. The van der Waals surface area contributed by atoms with E-state index in [-0.39, 0.29) is 11.8 Å². The molecule has 6 nitrogen and oxygen atoms in total. The normalized spacial score (nSPS) is 28.1. The Labute approximate surface area is 203 Å². The minimum Gasteiger partial charge on any atom is -0.368 e. The van der Waals surface area contributed by atoms with Gasteiger partial charge >= 0.3 is 0 Å². The summed E-state index contributed by atoms with van der Waals surface area (Å²) < 4.78 is 0. The number of fused-ring (bicyclic) bond motifs is 2. The lowest BCUT2D eigenvalue weighted by atomic mass is 9.86. The van der Waals surface area contributed by atoms with Crippen LogP contribution in [0.4, 0.5) is 0 Å². The Bertz CT molecular complexity index is 1120. The van der Waals surface area contributed by atoms with Crippen LogP contribution in [0.5, 0.6) is 0 Å². The van der Waals surface area contributed by atoms with Crippen molar-refractivity contribution in [1.82, 2.24) is 14.7 Å². The first kappa shape index (κ1) is 22.8. The molecule has 5 aliphatic heterocycles. The maximum atomic E-state index is 13.6. The monoisotopic (exact) mass is 457 g/mol. The summed E-state index contributed by atoms with van der Waals surface area (Å²) in [6, 6.07) is 0. The molecule has 0 aromatic heterocycles. The summed E-state index contributed by atoms with van der Waals surface area (Å²) in [5.41, 5.74) is 7.41. The lowest BCUT2D eigenvalue weighted by Gasteiger charge is -2.37. The molecular formula is C28H35N5O. The maximum Gasteiger partial charge on any atom is 0.255 e. The molecule has 0 aliphatic carbocycles. The molecule has 0 saturated carbocycles. The molecule has 0 aromatic carbocycles. The molecule has 2 unspecified atom stereocenters. The highest BCUT2D eigenvalue weighted by atomic mass is 16.2. The molecule has 34 heavy (non-hydrogen) atoms. The number of hydrogen-bond acceptors (Lipinski definition) is 5. The minimum absolute atomic E-state index is 0.00421. The number of carbonyl (C=O) groups is 1. The van der Waals surface area contributed by atoms with E-state index in [2.05, 4.69) is 68.0 Å². The van der Waals surface area contributed by atoms with Gasteiger partial charge in [-0.2, -0.15) is 0 Å². The smallest absolute Gasteiger partial charge is 0.255 e. The number of hydrogen-bond donors (Lipinski definition) is 0. The van der Waals surface area contributed by atoms with Crippen LogP contribution >= 0.6 is 0 Å². The number of likely N-dealkylation sites (N-methyl/N-ethyl adjacent to an activating group) is 1. The summed E-state index contributed by atoms with van der Waals surface area (Å²) in [4.78, 5) is 29.7. The number of piperazine rings is 1. The fourth-order valence-corrected chi connectivity index (χ4v) is 5.36. The molecule has 6 heteroatoms. The molecule has 0 bridgehead atoms. The van der Waals surface area contributed by atoms with Crippen LogP contribution in [-0.4, -0.2) is 71.8 Å². The van der Waals surface area contributed by atoms with Gasteiger partial charge in [0.05, 0.1) is 11.4 Å². The topological polar surface area (TPSA) is 51.5 Å². The Hall–Kier alpha value is -2.99. The summed E-state index contributed by atoms with van der Waals surface area (Å²) in [6.07, 6.45) is 16.5. The number of rotatable bonds is 2. The third-order valence-corrected chi connectivity index (χ3v) is 7.47. The van der Waals surface area contributed by atoms with Crippen molar-refractivity contribution in [2.75, 3.05) is 39.8 Å². The van der Waals surface area contributed by atoms with E-state index in [1.165, 1.54) is 5.57 Å². The Kier molecular flexibility index (Phi) is 6.26. The molecule has 0 N–H and O–H groups in total. The lowest BCUT2D eigenvalue weighted by molar-refractivity contribution is -0.122. The zero-order valence-corrected chi connectivity index (χ0v) is 20.8. The molecular weight excluding hydrogens is 422 g/mol. The van der Waals surface area contributed by atoms with E-state index < -0.39 is 0 Å². The predicted octanol–water partition coefficient (Wildman–Crippen LogP) is 4.09. The summed E-state index contributed by atoms with van der Waals surface area (Å²) in [5.74, 6) is 0.558. The lowest BCUT2D eigenvalue weighted by Crippen LogP contribution is -2.44. The first-order valence-electron chi connectivity index (χ1n) is 12.5. The molecule has 0 spiro atoms. The van der Waals surface area contributed by atoms with Crippen molar-refractivity contribution in [2.24, 2.45) is 21.8 Å². The third kappa shape index (κ3) is 4.51. The molecule has 5 aliphatic rings. The van der Waals surface area contributed by atoms with E-state index in [4.69, 9.17) is 9.98 Å². The Morgan fingerprint density at radius 2 is 1.76 bits per heavy atom. The molecule has 1 saturated heterocycles. The highest BCUT2D eigenvalue weighted by Crippen LogP contribution is 2.32. The van der Waals surface area contributed by atoms with Gasteiger partial charge < -0.3 is 9.80 Å². The molecule has 178 valence electrons. The molecule has 0 radical (unpaired) electrons. The van der Waals surface area contributed by atoms with Gasteiger partial charge in [-0.15, -0.1) is 0 Å². The van der Waals surface area contributed by atoms with Crippen LogP contribution < -0.4 is 0 Å². The van der Waals surface area contributed by atoms with Gasteiger partial charge in [-0.1, -0.05) is 19.1 Å². The van der Waals surface area contributed by atoms with Crippen LogP contribution in [0.1, 0.15) is 33.6 Å². The predicted molar refractivity (Wildman–Crippen MR) is 138 cm³/mol. The number of nitrogens with zero attached hydrogens (tertiary/aromatic N) is 5. The first-order valence-corrected chi connectivity index (χ1v) is 12.5. The highest BCUT2D eigenvalue weighted by Gasteiger charge is 2.28. The van der Waals surface area contributed by atoms with E-state index in [1.54, 1.807) is 0 Å². The van der Waals surface area contributed by atoms with Crippen molar-refractivity contribution in [3.8, 4) is 0 Å². The Balaban J connectivity index is 1.44. The zero-order chi connectivity index (χ0) is 23.8. The second-order valence-electron chi connectivity index (χ2n) is 10.0. The SMILES string of the molecule is CC1=CC2CCN=C(C3=CC(=O)N4C=C(N5CCN(C)CC5)C=CC4=CCC3C)C=C2C(C)=N1. The van der Waals surface area contributed by atoms with Gasteiger partial charge in [-0.3, -0.25) is 19.7 Å². The highest BCUT2D eigenvalue weighted by molar-refractivity contribution is 6.16. The second kappa shape index (κ2) is 9.34. The fourth-order valence-electron chi connectivity index (χ4n) is 5.36. The molecule has 5 heterocycles. The first-order chi connectivity index (χ1) is 16.4. The van der Waals surface area contributed by atoms with Gasteiger partial charge in [0.1, 0.15) is 0 Å².